The molecule has 0 atom stereocenters. The Hall–Kier alpha value is -1.35. The number of hydrogen-bond acceptors (Lipinski definition) is 4. The number of aliphatic hydroxyl groups excluding tert-OH is 1. The minimum absolute atomic E-state index is 0.0604. The molecule has 0 aliphatic carbocycles. The van der Waals surface area contributed by atoms with Gasteiger partial charge in [0.25, 0.3) is 5.91 Å². The molecule has 0 saturated carbocycles. The van der Waals surface area contributed by atoms with E-state index in [1.807, 2.05) is 13.0 Å². The molecular weight excluding hydrogens is 286 g/mol. The number of aryl methyl sites for hydroxylation is 1. The molecule has 0 radical (unpaired) electrons. The molecule has 21 heavy (non-hydrogen) atoms. The Bertz CT molecular complexity index is 499. The van der Waals surface area contributed by atoms with Gasteiger partial charge in [-0.1, -0.05) is 18.8 Å². The Morgan fingerprint density at radius 1 is 1.48 bits per heavy atom. The highest BCUT2D eigenvalue weighted by Crippen LogP contribution is 2.20. The van der Waals surface area contributed by atoms with E-state index in [0.717, 1.165) is 29.9 Å². The summed E-state index contributed by atoms with van der Waals surface area (Å²) >= 11 is 1.39. The van der Waals surface area contributed by atoms with Crippen LogP contribution >= 0.6 is 11.3 Å². The lowest BCUT2D eigenvalue weighted by Gasteiger charge is -2.04. The van der Waals surface area contributed by atoms with E-state index in [9.17, 15) is 4.79 Å². The van der Waals surface area contributed by atoms with Crippen molar-refractivity contribution in [3.8, 4) is 11.8 Å². The van der Waals surface area contributed by atoms with E-state index < -0.39 is 0 Å². The Morgan fingerprint density at radius 3 is 3.00 bits per heavy atom. The van der Waals surface area contributed by atoms with Crippen molar-refractivity contribution in [1.82, 2.24) is 5.32 Å². The molecule has 4 nitrogen and oxygen atoms in total. The van der Waals surface area contributed by atoms with E-state index in [-0.39, 0.29) is 12.5 Å². The minimum atomic E-state index is -0.0613. The van der Waals surface area contributed by atoms with Crippen LogP contribution in [-0.4, -0.2) is 37.4 Å². The molecule has 0 bridgehead atoms. The minimum Gasteiger partial charge on any atom is -0.395 e. The second-order valence-electron chi connectivity index (χ2n) is 4.62. The van der Waals surface area contributed by atoms with E-state index in [4.69, 9.17) is 9.84 Å². The number of carbonyl (C=O) groups is 1. The Kier molecular flexibility index (Phi) is 8.76. The second-order valence-corrected chi connectivity index (χ2v) is 5.67. The number of ether oxygens (including phenoxy) is 1. The van der Waals surface area contributed by atoms with Gasteiger partial charge in [-0.15, -0.1) is 11.3 Å². The number of carbonyl (C=O) groups excluding carboxylic acids is 1. The fourth-order valence-corrected chi connectivity index (χ4v) is 2.59. The summed E-state index contributed by atoms with van der Waals surface area (Å²) in [4.78, 5) is 13.6. The number of amides is 1. The molecule has 2 N–H and O–H groups in total. The number of aliphatic hydroxyl groups is 1. The van der Waals surface area contributed by atoms with Crippen molar-refractivity contribution in [3.05, 3.63) is 21.4 Å². The lowest BCUT2D eigenvalue weighted by atomic mass is 10.2. The molecule has 1 amide bonds. The SMILES string of the molecule is CCCOCCCNC(=O)c1cc(C)c(C#CCCO)s1. The number of thiophene rings is 1. The first-order chi connectivity index (χ1) is 10.2. The van der Waals surface area contributed by atoms with Crippen LogP contribution in [0.5, 0.6) is 0 Å². The average molecular weight is 309 g/mol. The topological polar surface area (TPSA) is 58.6 Å². The molecule has 116 valence electrons. The van der Waals surface area contributed by atoms with Crippen molar-refractivity contribution < 1.29 is 14.6 Å². The first-order valence-corrected chi connectivity index (χ1v) is 8.06. The van der Waals surface area contributed by atoms with Crippen LogP contribution in [0.15, 0.2) is 6.07 Å². The predicted octanol–water partition coefficient (Wildman–Crippen LogP) is 2.34. The summed E-state index contributed by atoms with van der Waals surface area (Å²) in [5, 5.41) is 11.6. The molecule has 1 aromatic rings. The maximum atomic E-state index is 12.0. The third-order valence-corrected chi connectivity index (χ3v) is 3.83. The van der Waals surface area contributed by atoms with Gasteiger partial charge in [0, 0.05) is 26.2 Å². The van der Waals surface area contributed by atoms with Gasteiger partial charge in [0.2, 0.25) is 0 Å². The normalized spacial score (nSPS) is 10.0. The predicted molar refractivity (Wildman–Crippen MR) is 85.7 cm³/mol. The van der Waals surface area contributed by atoms with Gasteiger partial charge in [-0.3, -0.25) is 4.79 Å². The Labute approximate surface area is 130 Å². The van der Waals surface area contributed by atoms with Crippen molar-refractivity contribution >= 4 is 17.2 Å². The standard InChI is InChI=1S/C16H23NO3S/c1-3-10-20-11-6-8-17-16(19)15-12-13(2)14(21-15)7-4-5-9-18/h12,18H,3,5-6,8-11H2,1-2H3,(H,17,19). The summed E-state index contributed by atoms with van der Waals surface area (Å²) in [6, 6.07) is 1.86. The van der Waals surface area contributed by atoms with Crippen LogP contribution in [0, 0.1) is 18.8 Å². The number of rotatable bonds is 8. The van der Waals surface area contributed by atoms with Crippen LogP contribution in [0.25, 0.3) is 0 Å². The molecule has 1 aromatic heterocycles. The smallest absolute Gasteiger partial charge is 0.261 e. The third kappa shape index (κ3) is 6.76. The van der Waals surface area contributed by atoms with Crippen molar-refractivity contribution in [2.45, 2.75) is 33.1 Å². The molecule has 0 fully saturated rings. The summed E-state index contributed by atoms with van der Waals surface area (Å²) in [6.07, 6.45) is 2.29. The van der Waals surface area contributed by atoms with Gasteiger partial charge < -0.3 is 15.2 Å². The molecule has 0 unspecified atom stereocenters. The quantitative estimate of drug-likeness (QED) is 0.572. The highest BCUT2D eigenvalue weighted by molar-refractivity contribution is 7.14. The van der Waals surface area contributed by atoms with E-state index in [1.54, 1.807) is 0 Å². The number of hydrogen-bond donors (Lipinski definition) is 2. The molecule has 0 saturated heterocycles. The van der Waals surface area contributed by atoms with E-state index >= 15 is 0 Å². The molecule has 1 rings (SSSR count). The van der Waals surface area contributed by atoms with Crippen LogP contribution in [0.4, 0.5) is 0 Å². The van der Waals surface area contributed by atoms with Crippen LogP contribution in [0.1, 0.15) is 46.3 Å². The third-order valence-electron chi connectivity index (χ3n) is 2.68. The maximum absolute atomic E-state index is 12.0. The van der Waals surface area contributed by atoms with Gasteiger partial charge >= 0.3 is 0 Å². The van der Waals surface area contributed by atoms with Gasteiger partial charge in [0.05, 0.1) is 16.4 Å². The lowest BCUT2D eigenvalue weighted by molar-refractivity contribution is 0.0945. The van der Waals surface area contributed by atoms with Crippen molar-refractivity contribution in [2.75, 3.05) is 26.4 Å². The molecule has 1 heterocycles. The van der Waals surface area contributed by atoms with E-state index in [1.165, 1.54) is 11.3 Å². The van der Waals surface area contributed by atoms with Crippen LogP contribution in [0.2, 0.25) is 0 Å². The van der Waals surface area contributed by atoms with Gasteiger partial charge in [-0.05, 0) is 31.4 Å². The van der Waals surface area contributed by atoms with Crippen LogP contribution in [0.3, 0.4) is 0 Å². The van der Waals surface area contributed by atoms with Gasteiger partial charge in [0.15, 0.2) is 0 Å². The first-order valence-electron chi connectivity index (χ1n) is 7.25. The van der Waals surface area contributed by atoms with Crippen molar-refractivity contribution in [3.63, 3.8) is 0 Å². The molecule has 0 aliphatic rings. The largest absolute Gasteiger partial charge is 0.395 e. The van der Waals surface area contributed by atoms with Gasteiger partial charge in [-0.25, -0.2) is 0 Å². The lowest BCUT2D eigenvalue weighted by Crippen LogP contribution is -2.24. The highest BCUT2D eigenvalue weighted by Gasteiger charge is 2.10. The van der Waals surface area contributed by atoms with E-state index in [0.29, 0.717) is 24.4 Å². The Balaban J connectivity index is 2.41. The maximum Gasteiger partial charge on any atom is 0.261 e. The van der Waals surface area contributed by atoms with Crippen LogP contribution < -0.4 is 5.32 Å². The fourth-order valence-electron chi connectivity index (χ4n) is 1.63. The zero-order chi connectivity index (χ0) is 15.5. The van der Waals surface area contributed by atoms with Crippen LogP contribution in [-0.2, 0) is 4.74 Å². The highest BCUT2D eigenvalue weighted by atomic mass is 32.1. The molecule has 0 aliphatic heterocycles. The van der Waals surface area contributed by atoms with Gasteiger partial charge in [-0.2, -0.15) is 0 Å². The zero-order valence-corrected chi connectivity index (χ0v) is 13.5. The van der Waals surface area contributed by atoms with Gasteiger partial charge in [0.1, 0.15) is 0 Å². The summed E-state index contributed by atoms with van der Waals surface area (Å²) in [5.74, 6) is 5.81. The zero-order valence-electron chi connectivity index (χ0n) is 12.7. The fraction of sp³-hybridized carbons (Fsp3) is 0.562. The summed E-state index contributed by atoms with van der Waals surface area (Å²) in [6.45, 7) is 6.13. The molecule has 0 spiro atoms. The molecular formula is C16H23NO3S. The molecule has 0 aromatic carbocycles. The summed E-state index contributed by atoms with van der Waals surface area (Å²) < 4.78 is 5.36. The first kappa shape index (κ1) is 17.7. The van der Waals surface area contributed by atoms with Crippen molar-refractivity contribution in [2.24, 2.45) is 0 Å². The monoisotopic (exact) mass is 309 g/mol. The van der Waals surface area contributed by atoms with E-state index in [2.05, 4.69) is 24.1 Å². The number of nitrogens with one attached hydrogen (secondary N) is 1. The second kappa shape index (κ2) is 10.4. The molecule has 5 heteroatoms. The average Bonchev–Trinajstić information content (AvgIpc) is 2.84. The van der Waals surface area contributed by atoms with Crippen molar-refractivity contribution in [1.29, 1.82) is 0 Å². The summed E-state index contributed by atoms with van der Waals surface area (Å²) in [5.41, 5.74) is 1.00. The Morgan fingerprint density at radius 2 is 2.29 bits per heavy atom. The summed E-state index contributed by atoms with van der Waals surface area (Å²) in [7, 11) is 0.